The highest BCUT2D eigenvalue weighted by molar-refractivity contribution is 7.22. The van der Waals surface area contributed by atoms with Gasteiger partial charge >= 0.3 is 11.8 Å². The van der Waals surface area contributed by atoms with E-state index >= 15 is 0 Å². The summed E-state index contributed by atoms with van der Waals surface area (Å²) in [6.45, 7) is 2.72. The van der Waals surface area contributed by atoms with Gasteiger partial charge in [0.05, 0.1) is 10.2 Å². The Balaban J connectivity index is 1.20. The van der Waals surface area contributed by atoms with Gasteiger partial charge in [0.15, 0.2) is 5.13 Å². The number of piperidine rings is 1. The molecule has 1 saturated heterocycles. The van der Waals surface area contributed by atoms with Gasteiger partial charge in [-0.15, -0.1) is 0 Å². The van der Waals surface area contributed by atoms with Crippen molar-refractivity contribution in [3.63, 3.8) is 0 Å². The zero-order chi connectivity index (χ0) is 20.1. The minimum absolute atomic E-state index is 0.355. The van der Waals surface area contributed by atoms with Gasteiger partial charge in [0.2, 0.25) is 0 Å². The molecule has 2 heterocycles. The predicted molar refractivity (Wildman–Crippen MR) is 116 cm³/mol. The van der Waals surface area contributed by atoms with Gasteiger partial charge in [-0.1, -0.05) is 53.8 Å². The second-order valence-electron chi connectivity index (χ2n) is 7.27. The lowest BCUT2D eigenvalue weighted by Gasteiger charge is -2.31. The van der Waals surface area contributed by atoms with Crippen LogP contribution in [0.25, 0.3) is 10.2 Å². The summed E-state index contributed by atoms with van der Waals surface area (Å²) in [5.41, 5.74) is 2.01. The van der Waals surface area contributed by atoms with Crippen LogP contribution in [0.5, 0.6) is 0 Å². The van der Waals surface area contributed by atoms with Crippen LogP contribution in [0.15, 0.2) is 54.6 Å². The highest BCUT2D eigenvalue weighted by atomic mass is 32.1. The van der Waals surface area contributed by atoms with Crippen molar-refractivity contribution in [3.05, 3.63) is 60.2 Å². The van der Waals surface area contributed by atoms with Gasteiger partial charge in [-0.2, -0.15) is 0 Å². The van der Waals surface area contributed by atoms with E-state index in [4.69, 9.17) is 4.98 Å². The molecule has 0 spiro atoms. The lowest BCUT2D eigenvalue weighted by atomic mass is 9.97. The van der Waals surface area contributed by atoms with Crippen LogP contribution in [0.3, 0.4) is 0 Å². The average Bonchev–Trinajstić information content (AvgIpc) is 3.21. The second kappa shape index (κ2) is 9.05. The maximum Gasteiger partial charge on any atom is 0.309 e. The van der Waals surface area contributed by atoms with E-state index in [0.717, 1.165) is 42.1 Å². The number of thiazole rings is 1. The van der Waals surface area contributed by atoms with Crippen molar-refractivity contribution < 1.29 is 9.59 Å². The third-order valence-corrected chi connectivity index (χ3v) is 6.32. The number of hydrogen-bond acceptors (Lipinski definition) is 5. The molecule has 7 heteroatoms. The van der Waals surface area contributed by atoms with Crippen LogP contribution >= 0.6 is 11.3 Å². The van der Waals surface area contributed by atoms with Gasteiger partial charge in [0.25, 0.3) is 0 Å². The molecule has 6 nitrogen and oxygen atoms in total. The van der Waals surface area contributed by atoms with Gasteiger partial charge in [-0.05, 0) is 36.5 Å². The number of carbonyl (C=O) groups excluding carboxylic acids is 2. The standard InChI is InChI=1S/C22H24N4O2S/c27-20(23-14-16-6-2-1-3-7-16)21(28)24-15-17-10-12-26(13-11-17)22-25-18-8-4-5-9-19(18)29-22/h1-9,17H,10-15H2,(H,23,27)(H,24,28). The average molecular weight is 409 g/mol. The normalized spacial score (nSPS) is 14.7. The third-order valence-electron chi connectivity index (χ3n) is 5.22. The monoisotopic (exact) mass is 408 g/mol. The Bertz CT molecular complexity index is 948. The summed E-state index contributed by atoms with van der Waals surface area (Å²) in [7, 11) is 0. The first-order valence-corrected chi connectivity index (χ1v) is 10.7. The Labute approximate surface area is 173 Å². The molecule has 2 aromatic carbocycles. The largest absolute Gasteiger partial charge is 0.348 e. The number of hydrogen-bond donors (Lipinski definition) is 2. The fraction of sp³-hybridized carbons (Fsp3) is 0.318. The maximum absolute atomic E-state index is 12.1. The van der Waals surface area contributed by atoms with E-state index in [1.807, 2.05) is 48.5 Å². The Hall–Kier alpha value is -2.93. The van der Waals surface area contributed by atoms with Gasteiger partial charge < -0.3 is 15.5 Å². The number of anilines is 1. The van der Waals surface area contributed by atoms with E-state index in [1.165, 1.54) is 4.70 Å². The first-order chi connectivity index (χ1) is 14.2. The summed E-state index contributed by atoms with van der Waals surface area (Å²) >= 11 is 1.72. The Morgan fingerprint density at radius 3 is 2.41 bits per heavy atom. The number of nitrogens with zero attached hydrogens (tertiary/aromatic N) is 2. The van der Waals surface area contributed by atoms with Crippen LogP contribution in [0.1, 0.15) is 18.4 Å². The second-order valence-corrected chi connectivity index (χ2v) is 8.28. The van der Waals surface area contributed by atoms with Gasteiger partial charge in [0.1, 0.15) is 0 Å². The molecule has 0 aliphatic carbocycles. The maximum atomic E-state index is 12.1. The number of aromatic nitrogens is 1. The van der Waals surface area contributed by atoms with Gasteiger partial charge in [0, 0.05) is 26.2 Å². The molecule has 3 aromatic rings. The summed E-state index contributed by atoms with van der Waals surface area (Å²) in [6, 6.07) is 17.7. The van der Waals surface area contributed by atoms with Crippen LogP contribution in [0.2, 0.25) is 0 Å². The molecule has 1 aliphatic heterocycles. The van der Waals surface area contributed by atoms with Crippen molar-refractivity contribution >= 4 is 38.5 Å². The number of fused-ring (bicyclic) bond motifs is 1. The number of carbonyl (C=O) groups is 2. The lowest BCUT2D eigenvalue weighted by molar-refractivity contribution is -0.139. The minimum atomic E-state index is -0.583. The van der Waals surface area contributed by atoms with E-state index in [0.29, 0.717) is 19.0 Å². The van der Waals surface area contributed by atoms with Crippen molar-refractivity contribution in [1.82, 2.24) is 15.6 Å². The van der Waals surface area contributed by atoms with E-state index in [9.17, 15) is 9.59 Å². The van der Waals surface area contributed by atoms with Crippen LogP contribution in [0.4, 0.5) is 5.13 Å². The van der Waals surface area contributed by atoms with Crippen molar-refractivity contribution in [1.29, 1.82) is 0 Å². The summed E-state index contributed by atoms with van der Waals surface area (Å²) in [5.74, 6) is -0.762. The van der Waals surface area contributed by atoms with Crippen molar-refractivity contribution in [2.75, 3.05) is 24.5 Å². The van der Waals surface area contributed by atoms with Gasteiger partial charge in [-0.25, -0.2) is 4.98 Å². The molecule has 0 atom stereocenters. The van der Waals surface area contributed by atoms with Crippen molar-refractivity contribution in [2.24, 2.45) is 5.92 Å². The molecular weight excluding hydrogens is 384 g/mol. The summed E-state index contributed by atoms with van der Waals surface area (Å²) in [5, 5.41) is 6.51. The number of nitrogens with one attached hydrogen (secondary N) is 2. The lowest BCUT2D eigenvalue weighted by Crippen LogP contribution is -2.43. The van der Waals surface area contributed by atoms with E-state index in [-0.39, 0.29) is 0 Å². The summed E-state index contributed by atoms with van der Waals surface area (Å²) in [4.78, 5) is 31.1. The molecule has 0 radical (unpaired) electrons. The molecule has 2 N–H and O–H groups in total. The molecular formula is C22H24N4O2S. The predicted octanol–water partition coefficient (Wildman–Crippen LogP) is 2.95. The van der Waals surface area contributed by atoms with Gasteiger partial charge in [-0.3, -0.25) is 9.59 Å². The molecule has 0 unspecified atom stereocenters. The molecule has 1 aromatic heterocycles. The van der Waals surface area contributed by atoms with Crippen molar-refractivity contribution in [3.8, 4) is 0 Å². The fourth-order valence-electron chi connectivity index (χ4n) is 3.50. The number of rotatable bonds is 5. The third kappa shape index (κ3) is 4.92. The van der Waals surface area contributed by atoms with Crippen molar-refractivity contribution in [2.45, 2.75) is 19.4 Å². The summed E-state index contributed by atoms with van der Waals surface area (Å²) < 4.78 is 1.21. The highest BCUT2D eigenvalue weighted by Gasteiger charge is 2.23. The topological polar surface area (TPSA) is 74.3 Å². The molecule has 1 fully saturated rings. The van der Waals surface area contributed by atoms with Crippen LogP contribution in [0, 0.1) is 5.92 Å². The number of amides is 2. The molecule has 150 valence electrons. The number of para-hydroxylation sites is 1. The van der Waals surface area contributed by atoms with E-state index in [2.05, 4.69) is 21.6 Å². The molecule has 4 rings (SSSR count). The summed E-state index contributed by atoms with van der Waals surface area (Å²) in [6.07, 6.45) is 1.95. The van der Waals surface area contributed by atoms with E-state index < -0.39 is 11.8 Å². The Morgan fingerprint density at radius 2 is 1.66 bits per heavy atom. The number of benzene rings is 2. The first-order valence-electron chi connectivity index (χ1n) is 9.89. The fourth-order valence-corrected chi connectivity index (χ4v) is 4.52. The van der Waals surface area contributed by atoms with E-state index in [1.54, 1.807) is 11.3 Å². The Kier molecular flexibility index (Phi) is 6.05. The molecule has 2 amide bonds. The smallest absolute Gasteiger partial charge is 0.309 e. The zero-order valence-electron chi connectivity index (χ0n) is 16.1. The SMILES string of the molecule is O=C(NCc1ccccc1)C(=O)NCC1CCN(c2nc3ccccc3s2)CC1. The molecule has 29 heavy (non-hydrogen) atoms. The highest BCUT2D eigenvalue weighted by Crippen LogP contribution is 2.31. The minimum Gasteiger partial charge on any atom is -0.348 e. The zero-order valence-corrected chi connectivity index (χ0v) is 17.0. The molecule has 0 saturated carbocycles. The van der Waals surface area contributed by atoms with Crippen LogP contribution in [-0.2, 0) is 16.1 Å². The van der Waals surface area contributed by atoms with Crippen LogP contribution < -0.4 is 15.5 Å². The quantitative estimate of drug-likeness (QED) is 0.637. The molecule has 1 aliphatic rings. The first kappa shape index (κ1) is 19.4. The molecule has 0 bridgehead atoms. The Morgan fingerprint density at radius 1 is 0.966 bits per heavy atom. The van der Waals surface area contributed by atoms with Crippen LogP contribution in [-0.4, -0.2) is 36.4 Å².